The van der Waals surface area contributed by atoms with E-state index in [4.69, 9.17) is 4.74 Å². The van der Waals surface area contributed by atoms with Crippen LogP contribution < -0.4 is 5.32 Å². The second kappa shape index (κ2) is 3.25. The molecule has 2 nitrogen and oxygen atoms in total. The SMILES string of the molecule is CC(C)NC1CC(C)(C)OC1(C)C. The Labute approximate surface area is 82.0 Å². The summed E-state index contributed by atoms with van der Waals surface area (Å²) in [4.78, 5) is 0. The highest BCUT2D eigenvalue weighted by molar-refractivity contribution is 4.99. The Bertz CT molecular complexity index is 185. The fourth-order valence-corrected chi connectivity index (χ4v) is 2.22. The van der Waals surface area contributed by atoms with Crippen molar-refractivity contribution >= 4 is 0 Å². The van der Waals surface area contributed by atoms with Crippen molar-refractivity contribution in [3.8, 4) is 0 Å². The van der Waals surface area contributed by atoms with Gasteiger partial charge >= 0.3 is 0 Å². The van der Waals surface area contributed by atoms with Crippen LogP contribution in [-0.4, -0.2) is 23.3 Å². The topological polar surface area (TPSA) is 21.3 Å². The maximum absolute atomic E-state index is 5.99. The Morgan fingerprint density at radius 1 is 1.23 bits per heavy atom. The lowest BCUT2D eigenvalue weighted by Gasteiger charge is -2.29. The van der Waals surface area contributed by atoms with Crippen LogP contribution in [0.15, 0.2) is 0 Å². The third-order valence-corrected chi connectivity index (χ3v) is 2.61. The van der Waals surface area contributed by atoms with Gasteiger partial charge in [0.05, 0.1) is 11.2 Å². The Kier molecular flexibility index (Phi) is 2.75. The molecule has 0 aromatic heterocycles. The van der Waals surface area contributed by atoms with Gasteiger partial charge in [-0.2, -0.15) is 0 Å². The number of nitrogens with one attached hydrogen (secondary N) is 1. The van der Waals surface area contributed by atoms with Crippen LogP contribution in [0.4, 0.5) is 0 Å². The van der Waals surface area contributed by atoms with Gasteiger partial charge in [-0.25, -0.2) is 0 Å². The number of hydrogen-bond donors (Lipinski definition) is 1. The molecule has 78 valence electrons. The van der Waals surface area contributed by atoms with Gasteiger partial charge in [-0.05, 0) is 34.1 Å². The van der Waals surface area contributed by atoms with Crippen LogP contribution in [0.25, 0.3) is 0 Å². The molecule has 13 heavy (non-hydrogen) atoms. The van der Waals surface area contributed by atoms with E-state index in [2.05, 4.69) is 46.9 Å². The first-order valence-corrected chi connectivity index (χ1v) is 5.19. The molecule has 0 radical (unpaired) electrons. The molecular formula is C11H23NO. The van der Waals surface area contributed by atoms with E-state index < -0.39 is 0 Å². The van der Waals surface area contributed by atoms with E-state index in [9.17, 15) is 0 Å². The van der Waals surface area contributed by atoms with E-state index in [0.717, 1.165) is 6.42 Å². The first-order valence-electron chi connectivity index (χ1n) is 5.19. The largest absolute Gasteiger partial charge is 0.368 e. The van der Waals surface area contributed by atoms with Crippen LogP contribution >= 0.6 is 0 Å². The molecule has 0 bridgehead atoms. The molecule has 1 heterocycles. The Hall–Kier alpha value is -0.0800. The van der Waals surface area contributed by atoms with Crippen LogP contribution in [0.1, 0.15) is 48.0 Å². The van der Waals surface area contributed by atoms with E-state index >= 15 is 0 Å². The van der Waals surface area contributed by atoms with Crippen molar-refractivity contribution in [2.45, 2.75) is 71.2 Å². The standard InChI is InChI=1S/C11H23NO/c1-8(2)12-9-7-10(3,4)13-11(9,5)6/h8-9,12H,7H2,1-6H3. The van der Waals surface area contributed by atoms with Gasteiger partial charge in [-0.1, -0.05) is 13.8 Å². The first kappa shape index (κ1) is 11.0. The lowest BCUT2D eigenvalue weighted by molar-refractivity contribution is -0.0702. The molecule has 1 aliphatic rings. The summed E-state index contributed by atoms with van der Waals surface area (Å²) in [5.74, 6) is 0. The number of hydrogen-bond acceptors (Lipinski definition) is 2. The summed E-state index contributed by atoms with van der Waals surface area (Å²) >= 11 is 0. The van der Waals surface area contributed by atoms with E-state index in [0.29, 0.717) is 12.1 Å². The molecule has 1 atom stereocenters. The van der Waals surface area contributed by atoms with E-state index in [1.54, 1.807) is 0 Å². The minimum absolute atomic E-state index is 0.0239. The van der Waals surface area contributed by atoms with Crippen molar-refractivity contribution in [2.75, 3.05) is 0 Å². The Balaban J connectivity index is 2.65. The summed E-state index contributed by atoms with van der Waals surface area (Å²) in [6, 6.07) is 1.00. The lowest BCUT2D eigenvalue weighted by atomic mass is 9.94. The maximum atomic E-state index is 5.99. The van der Waals surface area contributed by atoms with Gasteiger partial charge in [0, 0.05) is 12.1 Å². The van der Waals surface area contributed by atoms with Crippen molar-refractivity contribution in [3.63, 3.8) is 0 Å². The molecule has 1 fully saturated rings. The summed E-state index contributed by atoms with van der Waals surface area (Å²) in [6.07, 6.45) is 1.10. The molecule has 0 amide bonds. The number of rotatable bonds is 2. The van der Waals surface area contributed by atoms with Gasteiger partial charge in [0.15, 0.2) is 0 Å². The maximum Gasteiger partial charge on any atom is 0.0787 e. The molecular weight excluding hydrogens is 162 g/mol. The highest BCUT2D eigenvalue weighted by Gasteiger charge is 2.45. The second-order valence-corrected chi connectivity index (χ2v) is 5.54. The van der Waals surface area contributed by atoms with Crippen molar-refractivity contribution < 1.29 is 4.74 Å². The third kappa shape index (κ3) is 2.68. The fraction of sp³-hybridized carbons (Fsp3) is 1.00. The molecule has 1 rings (SSSR count). The van der Waals surface area contributed by atoms with Crippen molar-refractivity contribution in [2.24, 2.45) is 0 Å². The molecule has 1 N–H and O–H groups in total. The number of ether oxygens (including phenoxy) is 1. The average molecular weight is 185 g/mol. The second-order valence-electron chi connectivity index (χ2n) is 5.54. The van der Waals surface area contributed by atoms with Gasteiger partial charge in [-0.15, -0.1) is 0 Å². The normalized spacial score (nSPS) is 31.2. The zero-order chi connectivity index (χ0) is 10.3. The fourth-order valence-electron chi connectivity index (χ4n) is 2.22. The average Bonchev–Trinajstić information content (AvgIpc) is 1.98. The first-order chi connectivity index (χ1) is 5.73. The van der Waals surface area contributed by atoms with Gasteiger partial charge < -0.3 is 10.1 Å². The van der Waals surface area contributed by atoms with E-state index in [-0.39, 0.29) is 11.2 Å². The zero-order valence-electron chi connectivity index (χ0n) is 9.77. The summed E-state index contributed by atoms with van der Waals surface area (Å²) in [6.45, 7) is 13.0. The molecule has 0 aromatic carbocycles. The Morgan fingerprint density at radius 3 is 2.08 bits per heavy atom. The minimum atomic E-state index is -0.0340. The molecule has 1 aliphatic heterocycles. The quantitative estimate of drug-likeness (QED) is 0.713. The molecule has 1 saturated heterocycles. The van der Waals surface area contributed by atoms with Gasteiger partial charge in [0.25, 0.3) is 0 Å². The molecule has 0 spiro atoms. The predicted octanol–water partition coefficient (Wildman–Crippen LogP) is 2.33. The van der Waals surface area contributed by atoms with Crippen molar-refractivity contribution in [1.82, 2.24) is 5.32 Å². The third-order valence-electron chi connectivity index (χ3n) is 2.61. The minimum Gasteiger partial charge on any atom is -0.368 e. The van der Waals surface area contributed by atoms with Crippen LogP contribution in [0, 0.1) is 0 Å². The molecule has 0 aliphatic carbocycles. The smallest absolute Gasteiger partial charge is 0.0787 e. The predicted molar refractivity (Wildman–Crippen MR) is 55.9 cm³/mol. The Morgan fingerprint density at radius 2 is 1.77 bits per heavy atom. The zero-order valence-corrected chi connectivity index (χ0v) is 9.77. The van der Waals surface area contributed by atoms with Gasteiger partial charge in [0.2, 0.25) is 0 Å². The highest BCUT2D eigenvalue weighted by atomic mass is 16.5. The van der Waals surface area contributed by atoms with E-state index in [1.807, 2.05) is 0 Å². The summed E-state index contributed by atoms with van der Waals surface area (Å²) in [5.41, 5.74) is -0.0101. The van der Waals surface area contributed by atoms with Crippen LogP contribution in [-0.2, 0) is 4.74 Å². The van der Waals surface area contributed by atoms with Crippen LogP contribution in [0.3, 0.4) is 0 Å². The van der Waals surface area contributed by atoms with Crippen molar-refractivity contribution in [1.29, 1.82) is 0 Å². The monoisotopic (exact) mass is 185 g/mol. The molecule has 0 saturated carbocycles. The summed E-state index contributed by atoms with van der Waals surface area (Å²) in [7, 11) is 0. The molecule has 0 aromatic rings. The summed E-state index contributed by atoms with van der Waals surface area (Å²) < 4.78 is 5.99. The molecule has 1 unspecified atom stereocenters. The summed E-state index contributed by atoms with van der Waals surface area (Å²) in [5, 5.41) is 3.56. The van der Waals surface area contributed by atoms with Gasteiger partial charge in [0.1, 0.15) is 0 Å². The van der Waals surface area contributed by atoms with Crippen LogP contribution in [0.5, 0.6) is 0 Å². The molecule has 2 heteroatoms. The van der Waals surface area contributed by atoms with Gasteiger partial charge in [-0.3, -0.25) is 0 Å². The van der Waals surface area contributed by atoms with Crippen molar-refractivity contribution in [3.05, 3.63) is 0 Å². The lowest BCUT2D eigenvalue weighted by Crippen LogP contribution is -2.46. The van der Waals surface area contributed by atoms with Crippen LogP contribution in [0.2, 0.25) is 0 Å². The highest BCUT2D eigenvalue weighted by Crippen LogP contribution is 2.37. The van der Waals surface area contributed by atoms with E-state index in [1.165, 1.54) is 0 Å².